The second kappa shape index (κ2) is 6.19. The summed E-state index contributed by atoms with van der Waals surface area (Å²) in [5.41, 5.74) is 0. The summed E-state index contributed by atoms with van der Waals surface area (Å²) in [4.78, 5) is 11.9. The van der Waals surface area contributed by atoms with Crippen LogP contribution in [0.2, 0.25) is 5.02 Å². The van der Waals surface area contributed by atoms with Crippen molar-refractivity contribution in [1.29, 1.82) is 0 Å². The summed E-state index contributed by atoms with van der Waals surface area (Å²) in [6.07, 6.45) is -0.432. The van der Waals surface area contributed by atoms with Crippen molar-refractivity contribution in [3.05, 3.63) is 29.0 Å². The smallest absolute Gasteiger partial charge is 0.261 e. The Hall–Kier alpha value is -1.34. The lowest BCUT2D eigenvalue weighted by atomic mass is 10.2. The molecule has 1 amide bonds. The van der Waals surface area contributed by atoms with E-state index in [1.54, 1.807) is 0 Å². The van der Waals surface area contributed by atoms with E-state index in [-0.39, 0.29) is 28.3 Å². The van der Waals surface area contributed by atoms with Crippen molar-refractivity contribution in [2.45, 2.75) is 25.5 Å². The maximum Gasteiger partial charge on any atom is 0.261 e. The SMILES string of the molecule is CC(Oc1ccc(F)c(Cl)c1)C(=O)NC1CCS(=O)(=O)C1. The molecule has 1 fully saturated rings. The van der Waals surface area contributed by atoms with Crippen LogP contribution in [-0.2, 0) is 14.6 Å². The van der Waals surface area contributed by atoms with Gasteiger partial charge in [0.1, 0.15) is 11.6 Å². The lowest BCUT2D eigenvalue weighted by Gasteiger charge is -2.17. The Balaban J connectivity index is 1.92. The van der Waals surface area contributed by atoms with E-state index in [0.29, 0.717) is 6.42 Å². The van der Waals surface area contributed by atoms with Gasteiger partial charge in [0.25, 0.3) is 5.91 Å². The summed E-state index contributed by atoms with van der Waals surface area (Å²) in [6.45, 7) is 1.52. The van der Waals surface area contributed by atoms with Gasteiger partial charge in [0.2, 0.25) is 0 Å². The number of hydrogen-bond donors (Lipinski definition) is 1. The number of carbonyl (C=O) groups is 1. The van der Waals surface area contributed by atoms with Gasteiger partial charge in [-0.3, -0.25) is 4.79 Å². The first-order chi connectivity index (χ1) is 9.77. The minimum atomic E-state index is -3.05. The third-order valence-corrected chi connectivity index (χ3v) is 5.21. The van der Waals surface area contributed by atoms with Gasteiger partial charge in [0.05, 0.1) is 16.5 Å². The predicted octanol–water partition coefficient (Wildman–Crippen LogP) is 1.55. The third-order valence-electron chi connectivity index (χ3n) is 3.15. The number of halogens is 2. The summed E-state index contributed by atoms with van der Waals surface area (Å²) in [7, 11) is -3.05. The molecule has 8 heteroatoms. The van der Waals surface area contributed by atoms with E-state index in [4.69, 9.17) is 16.3 Å². The van der Waals surface area contributed by atoms with E-state index in [1.165, 1.54) is 19.1 Å². The zero-order valence-corrected chi connectivity index (χ0v) is 12.9. The van der Waals surface area contributed by atoms with Crippen LogP contribution < -0.4 is 10.1 Å². The molecule has 0 saturated carbocycles. The van der Waals surface area contributed by atoms with Crippen molar-refractivity contribution < 1.29 is 22.3 Å². The summed E-state index contributed by atoms with van der Waals surface area (Å²) in [6, 6.07) is 3.41. The molecular weight excluding hydrogens is 321 g/mol. The lowest BCUT2D eigenvalue weighted by molar-refractivity contribution is -0.127. The molecule has 5 nitrogen and oxygen atoms in total. The van der Waals surface area contributed by atoms with Crippen molar-refractivity contribution in [3.63, 3.8) is 0 Å². The molecule has 2 atom stereocenters. The second-order valence-electron chi connectivity index (χ2n) is 4.94. The van der Waals surface area contributed by atoms with Crippen LogP contribution in [0.15, 0.2) is 18.2 Å². The van der Waals surface area contributed by atoms with Crippen molar-refractivity contribution in [2.24, 2.45) is 0 Å². The summed E-state index contributed by atoms with van der Waals surface area (Å²) < 4.78 is 41.0. The maximum atomic E-state index is 13.0. The molecule has 1 heterocycles. The third kappa shape index (κ3) is 4.31. The van der Waals surface area contributed by atoms with E-state index in [9.17, 15) is 17.6 Å². The van der Waals surface area contributed by atoms with Crippen LogP contribution in [-0.4, -0.2) is 38.0 Å². The van der Waals surface area contributed by atoms with Crippen LogP contribution in [0.25, 0.3) is 0 Å². The highest BCUT2D eigenvalue weighted by molar-refractivity contribution is 7.91. The van der Waals surface area contributed by atoms with Crippen molar-refractivity contribution in [3.8, 4) is 5.75 Å². The van der Waals surface area contributed by atoms with Gasteiger partial charge in [-0.05, 0) is 25.5 Å². The molecule has 0 bridgehead atoms. The van der Waals surface area contributed by atoms with E-state index in [0.717, 1.165) is 6.07 Å². The summed E-state index contributed by atoms with van der Waals surface area (Å²) >= 11 is 5.62. The lowest BCUT2D eigenvalue weighted by Crippen LogP contribution is -2.43. The van der Waals surface area contributed by atoms with Crippen LogP contribution in [0.4, 0.5) is 4.39 Å². The number of hydrogen-bond acceptors (Lipinski definition) is 4. The van der Waals surface area contributed by atoms with Gasteiger partial charge in [-0.15, -0.1) is 0 Å². The monoisotopic (exact) mass is 335 g/mol. The first-order valence-electron chi connectivity index (χ1n) is 6.39. The molecule has 21 heavy (non-hydrogen) atoms. The molecule has 1 aliphatic rings. The molecule has 1 N–H and O–H groups in total. The number of sulfone groups is 1. The quantitative estimate of drug-likeness (QED) is 0.906. The average Bonchev–Trinajstić information content (AvgIpc) is 2.73. The topological polar surface area (TPSA) is 72.5 Å². The predicted molar refractivity (Wildman–Crippen MR) is 76.7 cm³/mol. The fourth-order valence-electron chi connectivity index (χ4n) is 2.04. The number of rotatable bonds is 4. The van der Waals surface area contributed by atoms with Crippen molar-refractivity contribution >= 4 is 27.3 Å². The highest BCUT2D eigenvalue weighted by Gasteiger charge is 2.30. The highest BCUT2D eigenvalue weighted by Crippen LogP contribution is 2.22. The van der Waals surface area contributed by atoms with Crippen LogP contribution >= 0.6 is 11.6 Å². The van der Waals surface area contributed by atoms with Gasteiger partial charge >= 0.3 is 0 Å². The molecule has 1 aromatic carbocycles. The van der Waals surface area contributed by atoms with Crippen LogP contribution in [0.3, 0.4) is 0 Å². The first kappa shape index (κ1) is 16.0. The molecule has 116 valence electrons. The Morgan fingerprint density at radius 3 is 2.81 bits per heavy atom. The summed E-state index contributed by atoms with van der Waals surface area (Å²) in [5, 5.41) is 2.53. The molecule has 2 rings (SSSR count). The first-order valence-corrected chi connectivity index (χ1v) is 8.59. The van der Waals surface area contributed by atoms with E-state index in [1.807, 2.05) is 0 Å². The van der Waals surface area contributed by atoms with E-state index >= 15 is 0 Å². The molecule has 1 aromatic rings. The number of benzene rings is 1. The Morgan fingerprint density at radius 1 is 1.52 bits per heavy atom. The Bertz CT molecular complexity index is 650. The zero-order chi connectivity index (χ0) is 15.6. The average molecular weight is 336 g/mol. The van der Waals surface area contributed by atoms with E-state index in [2.05, 4.69) is 5.32 Å². The molecule has 0 radical (unpaired) electrons. The van der Waals surface area contributed by atoms with Gasteiger partial charge in [-0.1, -0.05) is 11.6 Å². The minimum absolute atomic E-state index is 0.0478. The number of amides is 1. The van der Waals surface area contributed by atoms with Gasteiger partial charge in [-0.25, -0.2) is 12.8 Å². The highest BCUT2D eigenvalue weighted by atomic mass is 35.5. The van der Waals surface area contributed by atoms with Gasteiger partial charge < -0.3 is 10.1 Å². The van der Waals surface area contributed by atoms with Gasteiger partial charge in [0.15, 0.2) is 15.9 Å². The molecular formula is C13H15ClFNO4S. The fraction of sp³-hybridized carbons (Fsp3) is 0.462. The number of ether oxygens (including phenoxy) is 1. The normalized spacial score (nSPS) is 21.8. The molecule has 0 aliphatic carbocycles. The number of carbonyl (C=O) groups excluding carboxylic acids is 1. The molecule has 2 unspecified atom stereocenters. The molecule has 0 spiro atoms. The largest absolute Gasteiger partial charge is 0.481 e. The van der Waals surface area contributed by atoms with Gasteiger partial charge in [-0.2, -0.15) is 0 Å². The fourth-order valence-corrected chi connectivity index (χ4v) is 3.88. The van der Waals surface area contributed by atoms with Crippen LogP contribution in [0.1, 0.15) is 13.3 Å². The van der Waals surface area contributed by atoms with Crippen LogP contribution in [0, 0.1) is 5.82 Å². The standard InChI is InChI=1S/C13H15ClFNO4S/c1-8(20-10-2-3-12(15)11(14)6-10)13(17)16-9-4-5-21(18,19)7-9/h2-3,6,8-9H,4-5,7H2,1H3,(H,16,17). The maximum absolute atomic E-state index is 13.0. The van der Waals surface area contributed by atoms with E-state index < -0.39 is 27.7 Å². The van der Waals surface area contributed by atoms with Crippen molar-refractivity contribution in [1.82, 2.24) is 5.32 Å². The molecule has 0 aromatic heterocycles. The minimum Gasteiger partial charge on any atom is -0.481 e. The Labute approximate surface area is 127 Å². The summed E-state index contributed by atoms with van der Waals surface area (Å²) in [5.74, 6) is -0.688. The Morgan fingerprint density at radius 2 is 2.24 bits per heavy atom. The van der Waals surface area contributed by atoms with Gasteiger partial charge in [0, 0.05) is 12.1 Å². The van der Waals surface area contributed by atoms with Crippen LogP contribution in [0.5, 0.6) is 5.75 Å². The Kier molecular flexibility index (Phi) is 4.73. The zero-order valence-electron chi connectivity index (χ0n) is 11.3. The molecule has 1 saturated heterocycles. The number of nitrogens with one attached hydrogen (secondary N) is 1. The molecule has 1 aliphatic heterocycles. The second-order valence-corrected chi connectivity index (χ2v) is 7.58. The van der Waals surface area contributed by atoms with Crippen molar-refractivity contribution in [2.75, 3.05) is 11.5 Å².